The number of benzene rings is 1. The summed E-state index contributed by atoms with van der Waals surface area (Å²) in [5, 5.41) is 9.25. The molecule has 1 atom stereocenters. The van der Waals surface area contributed by atoms with Crippen molar-refractivity contribution in [1.82, 2.24) is 29.1 Å². The van der Waals surface area contributed by atoms with Crippen LogP contribution in [0.5, 0.6) is 5.75 Å². The average Bonchev–Trinajstić information content (AvgIpc) is 3.48. The minimum atomic E-state index is -0.190. The topological polar surface area (TPSA) is 92.9 Å². The Morgan fingerprint density at radius 2 is 2.00 bits per heavy atom. The number of hydrogen-bond acceptors (Lipinski definition) is 6. The maximum Gasteiger partial charge on any atom is 0.329 e. The second-order valence-corrected chi connectivity index (χ2v) is 8.69. The highest BCUT2D eigenvalue weighted by molar-refractivity contribution is 6.05. The van der Waals surface area contributed by atoms with Crippen LogP contribution >= 0.6 is 0 Å². The van der Waals surface area contributed by atoms with Crippen LogP contribution in [0.15, 0.2) is 40.0 Å². The first-order valence-electron chi connectivity index (χ1n) is 11.4. The van der Waals surface area contributed by atoms with Crippen LogP contribution in [0.2, 0.25) is 0 Å². The third-order valence-corrected chi connectivity index (χ3v) is 6.45. The third-order valence-electron chi connectivity index (χ3n) is 6.45. The summed E-state index contributed by atoms with van der Waals surface area (Å²) in [6.07, 6.45) is 6.36. The number of fused-ring (bicyclic) bond motifs is 3. The Morgan fingerprint density at radius 3 is 2.62 bits per heavy atom. The highest BCUT2D eigenvalue weighted by atomic mass is 16.5. The third kappa shape index (κ3) is 3.22. The van der Waals surface area contributed by atoms with E-state index in [9.17, 15) is 4.79 Å². The number of rotatable bonds is 6. The van der Waals surface area contributed by atoms with Gasteiger partial charge in [0.1, 0.15) is 11.5 Å². The van der Waals surface area contributed by atoms with Gasteiger partial charge in [0.15, 0.2) is 0 Å². The molecule has 1 unspecified atom stereocenters. The van der Waals surface area contributed by atoms with Gasteiger partial charge in [-0.2, -0.15) is 5.10 Å². The predicted molar refractivity (Wildman–Crippen MR) is 130 cm³/mol. The van der Waals surface area contributed by atoms with Gasteiger partial charge in [0.05, 0.1) is 53.4 Å². The molecule has 0 bridgehead atoms. The van der Waals surface area contributed by atoms with Gasteiger partial charge in [-0.05, 0) is 39.3 Å². The lowest BCUT2D eigenvalue weighted by molar-refractivity contribution is 0.393. The fraction of sp³-hybridized carbons (Fsp3) is 0.360. The minimum absolute atomic E-state index is 0.0590. The molecular weight excluding hydrogens is 432 g/mol. The largest absolute Gasteiger partial charge is 0.496 e. The molecule has 34 heavy (non-hydrogen) atoms. The monoisotopic (exact) mass is 460 g/mol. The van der Waals surface area contributed by atoms with Crippen LogP contribution in [0.25, 0.3) is 33.1 Å². The van der Waals surface area contributed by atoms with Crippen LogP contribution in [0.4, 0.5) is 0 Å². The van der Waals surface area contributed by atoms with E-state index in [4.69, 9.17) is 14.2 Å². The lowest BCUT2D eigenvalue weighted by Gasteiger charge is -2.13. The molecule has 0 amide bonds. The SMILES string of the molecule is CCCn1c(=O)n(C(C)c2cnn(C)c2)c2cnc3cc(-c4c(C)noc4C)c(OC)cc3c21. The summed E-state index contributed by atoms with van der Waals surface area (Å²) in [4.78, 5) is 18.4. The number of imidazole rings is 1. The average molecular weight is 461 g/mol. The maximum absolute atomic E-state index is 13.7. The first-order valence-corrected chi connectivity index (χ1v) is 11.4. The molecule has 176 valence electrons. The van der Waals surface area contributed by atoms with E-state index in [1.807, 2.05) is 55.3 Å². The van der Waals surface area contributed by atoms with Crippen molar-refractivity contribution in [2.45, 2.75) is 46.7 Å². The van der Waals surface area contributed by atoms with Gasteiger partial charge >= 0.3 is 5.69 Å². The van der Waals surface area contributed by atoms with Crippen molar-refractivity contribution >= 4 is 21.9 Å². The molecule has 0 saturated carbocycles. The van der Waals surface area contributed by atoms with Crippen molar-refractivity contribution in [2.24, 2.45) is 7.05 Å². The van der Waals surface area contributed by atoms with Gasteiger partial charge in [-0.15, -0.1) is 0 Å². The number of pyridine rings is 1. The predicted octanol–water partition coefficient (Wildman–Crippen LogP) is 4.38. The molecule has 0 radical (unpaired) electrons. The molecule has 5 rings (SSSR count). The van der Waals surface area contributed by atoms with E-state index < -0.39 is 0 Å². The number of ether oxygens (including phenoxy) is 1. The highest BCUT2D eigenvalue weighted by Crippen LogP contribution is 2.39. The van der Waals surface area contributed by atoms with Gasteiger partial charge < -0.3 is 9.26 Å². The summed E-state index contributed by atoms with van der Waals surface area (Å²) in [6.45, 7) is 8.48. The van der Waals surface area contributed by atoms with Gasteiger partial charge in [-0.3, -0.25) is 18.8 Å². The Morgan fingerprint density at radius 1 is 1.21 bits per heavy atom. The van der Waals surface area contributed by atoms with E-state index in [1.165, 1.54) is 0 Å². The normalized spacial score (nSPS) is 12.6. The van der Waals surface area contributed by atoms with Gasteiger partial charge in [-0.25, -0.2) is 4.79 Å². The Balaban J connectivity index is 1.83. The van der Waals surface area contributed by atoms with Crippen molar-refractivity contribution in [3.8, 4) is 16.9 Å². The van der Waals surface area contributed by atoms with Crippen molar-refractivity contribution in [2.75, 3.05) is 7.11 Å². The van der Waals surface area contributed by atoms with Gasteiger partial charge in [0, 0.05) is 36.3 Å². The summed E-state index contributed by atoms with van der Waals surface area (Å²) in [7, 11) is 3.52. The molecule has 0 N–H and O–H groups in total. The van der Waals surface area contributed by atoms with E-state index in [-0.39, 0.29) is 11.7 Å². The first-order chi connectivity index (χ1) is 16.3. The van der Waals surface area contributed by atoms with Crippen LogP contribution in [0.3, 0.4) is 0 Å². The van der Waals surface area contributed by atoms with Crippen LogP contribution in [-0.4, -0.2) is 36.2 Å². The maximum atomic E-state index is 13.7. The van der Waals surface area contributed by atoms with Gasteiger partial charge in [-0.1, -0.05) is 12.1 Å². The van der Waals surface area contributed by atoms with E-state index >= 15 is 0 Å². The van der Waals surface area contributed by atoms with E-state index in [1.54, 1.807) is 24.2 Å². The second-order valence-electron chi connectivity index (χ2n) is 8.69. The summed E-state index contributed by atoms with van der Waals surface area (Å²) in [5.41, 5.74) is 5.88. The number of methoxy groups -OCH3 is 1. The summed E-state index contributed by atoms with van der Waals surface area (Å²) >= 11 is 0. The molecule has 5 aromatic rings. The van der Waals surface area contributed by atoms with Crippen LogP contribution in [0.1, 0.15) is 43.3 Å². The molecule has 0 spiro atoms. The molecule has 0 fully saturated rings. The number of hydrogen-bond donors (Lipinski definition) is 0. The zero-order chi connectivity index (χ0) is 24.1. The van der Waals surface area contributed by atoms with Crippen LogP contribution in [0, 0.1) is 13.8 Å². The van der Waals surface area contributed by atoms with Gasteiger partial charge in [0.2, 0.25) is 0 Å². The Kier molecular flexibility index (Phi) is 5.27. The Hall–Kier alpha value is -3.88. The van der Waals surface area contributed by atoms with Crippen LogP contribution < -0.4 is 10.4 Å². The van der Waals surface area contributed by atoms with Gasteiger partial charge in [0.25, 0.3) is 0 Å². The quantitative estimate of drug-likeness (QED) is 0.373. The molecule has 0 aliphatic heterocycles. The smallest absolute Gasteiger partial charge is 0.329 e. The molecule has 4 heterocycles. The summed E-state index contributed by atoms with van der Waals surface area (Å²) in [6, 6.07) is 3.77. The number of aryl methyl sites for hydroxylation is 4. The molecule has 0 saturated heterocycles. The molecule has 9 heteroatoms. The fourth-order valence-corrected chi connectivity index (χ4v) is 4.83. The number of nitrogens with zero attached hydrogens (tertiary/aromatic N) is 6. The minimum Gasteiger partial charge on any atom is -0.496 e. The lowest BCUT2D eigenvalue weighted by atomic mass is 10.0. The fourth-order valence-electron chi connectivity index (χ4n) is 4.83. The summed E-state index contributed by atoms with van der Waals surface area (Å²) in [5.74, 6) is 1.40. The van der Waals surface area contributed by atoms with E-state index in [2.05, 4.69) is 17.2 Å². The molecule has 9 nitrogen and oxygen atoms in total. The Bertz CT molecular complexity index is 1570. The molecule has 0 aliphatic rings. The zero-order valence-corrected chi connectivity index (χ0v) is 20.3. The van der Waals surface area contributed by atoms with E-state index in [0.717, 1.165) is 56.5 Å². The van der Waals surface area contributed by atoms with Crippen molar-refractivity contribution in [3.63, 3.8) is 0 Å². The van der Waals surface area contributed by atoms with E-state index in [0.29, 0.717) is 12.3 Å². The number of aromatic nitrogens is 6. The molecular formula is C25H28N6O3. The second kappa shape index (κ2) is 8.16. The first kappa shape index (κ1) is 21.9. The standard InChI is InChI=1S/C25H28N6O3/c1-7-8-30-24-18-10-22(33-6)19(23-14(2)28-34-16(23)4)9-20(18)26-12-21(24)31(25(30)32)15(3)17-11-27-29(5)13-17/h9-13,15H,7-8H2,1-6H3. The highest BCUT2D eigenvalue weighted by Gasteiger charge is 2.24. The zero-order valence-electron chi connectivity index (χ0n) is 20.3. The molecule has 0 aliphatic carbocycles. The summed E-state index contributed by atoms with van der Waals surface area (Å²) < 4.78 is 16.6. The van der Waals surface area contributed by atoms with Crippen molar-refractivity contribution in [1.29, 1.82) is 0 Å². The van der Waals surface area contributed by atoms with Crippen LogP contribution in [-0.2, 0) is 13.6 Å². The lowest BCUT2D eigenvalue weighted by Crippen LogP contribution is -2.26. The van der Waals surface area contributed by atoms with Crippen molar-refractivity contribution in [3.05, 3.63) is 58.2 Å². The Labute approximate surface area is 196 Å². The van der Waals surface area contributed by atoms with Crippen molar-refractivity contribution < 1.29 is 9.26 Å². The molecule has 4 aromatic heterocycles. The molecule has 1 aromatic carbocycles.